The van der Waals surface area contributed by atoms with Gasteiger partial charge in [0.05, 0.1) is 18.3 Å². The number of hydrogen-bond donors (Lipinski definition) is 4. The molecule has 7 unspecified atom stereocenters. The molecule has 0 bridgehead atoms. The second kappa shape index (κ2) is 14.2. The molecule has 0 aromatic rings. The van der Waals surface area contributed by atoms with E-state index in [0.29, 0.717) is 11.2 Å². The zero-order valence-electron chi connectivity index (χ0n) is 22.9. The molecule has 0 aromatic carbocycles. The van der Waals surface area contributed by atoms with Gasteiger partial charge in [-0.1, -0.05) is 6.92 Å². The Morgan fingerprint density at radius 3 is 2.29 bits per heavy atom. The highest BCUT2D eigenvalue weighted by Gasteiger charge is 2.39. The molecule has 7 atom stereocenters. The maximum atomic E-state index is 12.4. The average molecular weight is 519 g/mol. The Bertz CT molecular complexity index is 653. The standard InChI is InChI=1S/C27H54N2O5S/c1-6-15-34-26-16-20(27(30)28-18-19-7-11-22(12-8-19)35(4,5)31)9-13-23(26)29-24-17-21(32-2)10-14-25(24)33-3/h19-30,35H,6-18H2,1-5H3. The van der Waals surface area contributed by atoms with Crippen molar-refractivity contribution in [3.63, 3.8) is 0 Å². The number of nitrogens with one attached hydrogen (secondary N) is 2. The van der Waals surface area contributed by atoms with Gasteiger partial charge in [-0.15, -0.1) is 9.93 Å². The monoisotopic (exact) mass is 518 g/mol. The van der Waals surface area contributed by atoms with Gasteiger partial charge in [-0.05, 0) is 89.1 Å². The molecule has 0 aromatic heterocycles. The van der Waals surface area contributed by atoms with Crippen LogP contribution in [0.2, 0.25) is 0 Å². The van der Waals surface area contributed by atoms with E-state index < -0.39 is 16.2 Å². The Morgan fingerprint density at radius 1 is 0.914 bits per heavy atom. The van der Waals surface area contributed by atoms with Crippen molar-refractivity contribution in [2.75, 3.05) is 39.9 Å². The highest BCUT2D eigenvalue weighted by Crippen LogP contribution is 2.33. The third-order valence-corrected chi connectivity index (χ3v) is 11.2. The minimum Gasteiger partial charge on any atom is -0.381 e. The molecule has 7 nitrogen and oxygen atoms in total. The molecule has 3 N–H and O–H groups in total. The van der Waals surface area contributed by atoms with Crippen molar-refractivity contribution in [3.05, 3.63) is 0 Å². The van der Waals surface area contributed by atoms with Crippen molar-refractivity contribution in [2.45, 2.75) is 119 Å². The maximum absolute atomic E-state index is 12.4. The summed E-state index contributed by atoms with van der Waals surface area (Å²) < 4.78 is 30.2. The van der Waals surface area contributed by atoms with Crippen LogP contribution in [0.25, 0.3) is 0 Å². The summed E-state index contributed by atoms with van der Waals surface area (Å²) in [4.78, 5) is 0. The van der Waals surface area contributed by atoms with Crippen LogP contribution in [0.3, 0.4) is 0 Å². The normalized spacial score (nSPS) is 38.2. The molecule has 35 heavy (non-hydrogen) atoms. The summed E-state index contributed by atoms with van der Waals surface area (Å²) in [5, 5.41) is 18.7. The second-order valence-corrected chi connectivity index (χ2v) is 15.4. The third kappa shape index (κ3) is 8.72. The first-order valence-corrected chi connectivity index (χ1v) is 16.8. The van der Waals surface area contributed by atoms with E-state index >= 15 is 0 Å². The quantitative estimate of drug-likeness (QED) is 0.233. The van der Waals surface area contributed by atoms with Crippen LogP contribution in [0.5, 0.6) is 0 Å². The zero-order valence-corrected chi connectivity index (χ0v) is 23.8. The summed E-state index contributed by atoms with van der Waals surface area (Å²) in [7, 11) is 1.64. The molecule has 208 valence electrons. The molecule has 3 aliphatic carbocycles. The van der Waals surface area contributed by atoms with Crippen LogP contribution >= 0.6 is 0 Å². The molecule has 8 heteroatoms. The Kier molecular flexibility index (Phi) is 11.9. The van der Waals surface area contributed by atoms with E-state index in [-0.39, 0.29) is 36.3 Å². The molecular weight excluding hydrogens is 464 g/mol. The van der Waals surface area contributed by atoms with Gasteiger partial charge in [0.2, 0.25) is 0 Å². The van der Waals surface area contributed by atoms with Crippen molar-refractivity contribution in [2.24, 2.45) is 11.8 Å². The summed E-state index contributed by atoms with van der Waals surface area (Å²) in [6.07, 6.45) is 15.2. The van der Waals surface area contributed by atoms with Crippen LogP contribution in [0, 0.1) is 11.8 Å². The second-order valence-electron chi connectivity index (χ2n) is 11.8. The molecule has 0 spiro atoms. The molecule has 0 aliphatic heterocycles. The minimum absolute atomic E-state index is 0.101. The molecule has 3 aliphatic rings. The Labute approximate surface area is 215 Å². The number of aliphatic hydroxyl groups excluding tert-OH is 1. The van der Waals surface area contributed by atoms with Crippen LogP contribution in [0.15, 0.2) is 0 Å². The fraction of sp³-hybridized carbons (Fsp3) is 1.00. The molecule has 3 fully saturated rings. The largest absolute Gasteiger partial charge is 0.381 e. The van der Waals surface area contributed by atoms with E-state index in [1.165, 1.54) is 0 Å². The van der Waals surface area contributed by atoms with Crippen LogP contribution in [0.1, 0.15) is 77.6 Å². The zero-order chi connectivity index (χ0) is 25.4. The van der Waals surface area contributed by atoms with Crippen LogP contribution < -0.4 is 10.6 Å². The predicted molar refractivity (Wildman–Crippen MR) is 145 cm³/mol. The number of thiol groups is 1. The van der Waals surface area contributed by atoms with E-state index in [9.17, 15) is 9.32 Å². The summed E-state index contributed by atoms with van der Waals surface area (Å²) in [5.41, 5.74) is 0. The lowest BCUT2D eigenvalue weighted by Crippen LogP contribution is -2.57. The van der Waals surface area contributed by atoms with Gasteiger partial charge < -0.3 is 24.6 Å². The highest BCUT2D eigenvalue weighted by atomic mass is 32.2. The highest BCUT2D eigenvalue weighted by molar-refractivity contribution is 8.02. The topological polar surface area (TPSA) is 89.1 Å². The summed E-state index contributed by atoms with van der Waals surface area (Å²) in [5.74, 6) is 0.776. The van der Waals surface area contributed by atoms with Gasteiger partial charge in [-0.2, -0.15) is 0 Å². The van der Waals surface area contributed by atoms with Gasteiger partial charge in [0.25, 0.3) is 0 Å². The van der Waals surface area contributed by atoms with E-state index in [1.54, 1.807) is 7.11 Å². The van der Waals surface area contributed by atoms with Gasteiger partial charge in [0, 0.05) is 50.6 Å². The Morgan fingerprint density at radius 2 is 1.66 bits per heavy atom. The lowest BCUT2D eigenvalue weighted by Gasteiger charge is -2.43. The Balaban J connectivity index is 1.49. The molecule has 3 rings (SSSR count). The smallest absolute Gasteiger partial charge is 0.107 e. The summed E-state index contributed by atoms with van der Waals surface area (Å²) in [6.45, 7) is 3.75. The van der Waals surface area contributed by atoms with E-state index in [2.05, 4.69) is 17.6 Å². The van der Waals surface area contributed by atoms with Gasteiger partial charge in [0.15, 0.2) is 0 Å². The first-order valence-electron chi connectivity index (χ1n) is 14.1. The molecule has 0 heterocycles. The van der Waals surface area contributed by atoms with Crippen molar-refractivity contribution in [1.29, 1.82) is 0 Å². The fourth-order valence-electron chi connectivity index (χ4n) is 6.57. The lowest BCUT2D eigenvalue weighted by molar-refractivity contribution is -0.0610. The predicted octanol–water partition coefficient (Wildman–Crippen LogP) is 2.87. The van der Waals surface area contributed by atoms with E-state index in [4.69, 9.17) is 14.2 Å². The molecule has 0 radical (unpaired) electrons. The van der Waals surface area contributed by atoms with Gasteiger partial charge in [-0.25, -0.2) is 0 Å². The van der Waals surface area contributed by atoms with E-state index in [1.807, 2.05) is 19.6 Å². The van der Waals surface area contributed by atoms with Crippen molar-refractivity contribution in [3.8, 4) is 0 Å². The number of rotatable bonds is 12. The first kappa shape index (κ1) is 29.5. The maximum Gasteiger partial charge on any atom is 0.107 e. The van der Waals surface area contributed by atoms with Gasteiger partial charge in [0.1, 0.15) is 6.23 Å². The molecular formula is C27H54N2O5S. The van der Waals surface area contributed by atoms with Crippen LogP contribution in [0.4, 0.5) is 0 Å². The Hall–Kier alpha value is -0.0900. The van der Waals surface area contributed by atoms with Crippen LogP contribution in [-0.2, 0) is 24.1 Å². The number of ether oxygens (including phenoxy) is 3. The third-order valence-electron chi connectivity index (χ3n) is 8.93. The lowest BCUT2D eigenvalue weighted by atomic mass is 9.81. The van der Waals surface area contributed by atoms with Crippen molar-refractivity contribution in [1.82, 2.24) is 10.6 Å². The van der Waals surface area contributed by atoms with E-state index in [0.717, 1.165) is 83.8 Å². The number of hydrogen-bond acceptors (Lipinski definition) is 7. The average Bonchev–Trinajstić information content (AvgIpc) is 2.86. The van der Waals surface area contributed by atoms with Gasteiger partial charge >= 0.3 is 0 Å². The molecule has 3 saturated carbocycles. The first-order chi connectivity index (χ1) is 16.7. The van der Waals surface area contributed by atoms with Crippen molar-refractivity contribution < 1.29 is 23.5 Å². The molecule has 0 amide bonds. The minimum atomic E-state index is -1.98. The summed E-state index contributed by atoms with van der Waals surface area (Å²) >= 11 is 0. The molecule has 0 saturated heterocycles. The summed E-state index contributed by atoms with van der Waals surface area (Å²) in [6, 6.07) is 0.546. The number of methoxy groups -OCH3 is 2. The SMILES string of the molecule is CCCOC1CC(C(O)NCC2CCC([SH](C)(C)=O)CC2)CCC1NC1CC(OC)CCC1OC. The van der Waals surface area contributed by atoms with Gasteiger partial charge in [-0.3, -0.25) is 9.53 Å². The number of aliphatic hydroxyl groups is 1. The fourth-order valence-corrected chi connectivity index (χ4v) is 8.11. The van der Waals surface area contributed by atoms with Crippen molar-refractivity contribution >= 4 is 9.93 Å². The van der Waals surface area contributed by atoms with Crippen LogP contribution in [-0.4, -0.2) is 91.1 Å².